The van der Waals surface area contributed by atoms with Gasteiger partial charge in [0.05, 0.1) is 0 Å². The molecule has 0 radical (unpaired) electrons. The second-order valence-electron chi connectivity index (χ2n) is 4.10. The second-order valence-corrected chi connectivity index (χ2v) is 4.10. The molecule has 1 atom stereocenters. The standard InChI is InChI=1S/C13H17N3O2/c1-3-13-15-12(16-18-13)8-17-11-6-4-10(5-7-11)9(2)14/h4-7,9H,3,8,14H2,1-2H3/t9-/m0/s1. The van der Waals surface area contributed by atoms with Gasteiger partial charge in [-0.15, -0.1) is 0 Å². The Bertz CT molecular complexity index is 491. The van der Waals surface area contributed by atoms with Crippen molar-refractivity contribution in [3.05, 3.63) is 41.5 Å². The van der Waals surface area contributed by atoms with Gasteiger partial charge in [0.15, 0.2) is 6.61 Å². The zero-order valence-corrected chi connectivity index (χ0v) is 10.6. The first kappa shape index (κ1) is 12.6. The molecule has 1 heterocycles. The number of nitrogens with zero attached hydrogens (tertiary/aromatic N) is 2. The summed E-state index contributed by atoms with van der Waals surface area (Å²) in [4.78, 5) is 4.17. The molecule has 0 aliphatic heterocycles. The van der Waals surface area contributed by atoms with Gasteiger partial charge in [-0.3, -0.25) is 0 Å². The molecule has 2 N–H and O–H groups in total. The summed E-state index contributed by atoms with van der Waals surface area (Å²) >= 11 is 0. The Morgan fingerprint density at radius 1 is 1.33 bits per heavy atom. The first-order valence-electron chi connectivity index (χ1n) is 5.99. The molecule has 0 fully saturated rings. The maximum atomic E-state index is 5.77. The van der Waals surface area contributed by atoms with Crippen LogP contribution in [0, 0.1) is 0 Å². The van der Waals surface area contributed by atoms with Crippen molar-refractivity contribution in [1.82, 2.24) is 10.1 Å². The van der Waals surface area contributed by atoms with E-state index in [1.54, 1.807) is 0 Å². The third kappa shape index (κ3) is 3.07. The lowest BCUT2D eigenvalue weighted by Crippen LogP contribution is -2.04. The summed E-state index contributed by atoms with van der Waals surface area (Å²) in [5.74, 6) is 1.95. The summed E-state index contributed by atoms with van der Waals surface area (Å²) in [6, 6.07) is 7.71. The fraction of sp³-hybridized carbons (Fsp3) is 0.385. The molecule has 5 nitrogen and oxygen atoms in total. The summed E-state index contributed by atoms with van der Waals surface area (Å²) in [5.41, 5.74) is 6.85. The maximum Gasteiger partial charge on any atom is 0.226 e. The van der Waals surface area contributed by atoms with Gasteiger partial charge in [-0.1, -0.05) is 24.2 Å². The minimum Gasteiger partial charge on any atom is -0.485 e. The van der Waals surface area contributed by atoms with Crippen LogP contribution in [0.4, 0.5) is 0 Å². The van der Waals surface area contributed by atoms with Crippen LogP contribution in [-0.2, 0) is 13.0 Å². The van der Waals surface area contributed by atoms with E-state index in [0.717, 1.165) is 17.7 Å². The van der Waals surface area contributed by atoms with Gasteiger partial charge >= 0.3 is 0 Å². The Balaban J connectivity index is 1.93. The number of aromatic nitrogens is 2. The minimum absolute atomic E-state index is 0.0309. The lowest BCUT2D eigenvalue weighted by Gasteiger charge is -2.07. The highest BCUT2D eigenvalue weighted by atomic mass is 16.5. The molecule has 0 amide bonds. The molecule has 0 aliphatic rings. The van der Waals surface area contributed by atoms with Crippen LogP contribution < -0.4 is 10.5 Å². The van der Waals surface area contributed by atoms with Gasteiger partial charge in [-0.25, -0.2) is 0 Å². The van der Waals surface area contributed by atoms with Crippen molar-refractivity contribution in [2.75, 3.05) is 0 Å². The Kier molecular flexibility index (Phi) is 3.94. The molecule has 1 aromatic heterocycles. The lowest BCUT2D eigenvalue weighted by atomic mass is 10.1. The second kappa shape index (κ2) is 5.64. The van der Waals surface area contributed by atoms with Gasteiger partial charge in [0.2, 0.25) is 11.7 Å². The number of hydrogen-bond donors (Lipinski definition) is 1. The fourth-order valence-electron chi connectivity index (χ4n) is 1.51. The smallest absolute Gasteiger partial charge is 0.226 e. The van der Waals surface area contributed by atoms with E-state index in [9.17, 15) is 0 Å². The van der Waals surface area contributed by atoms with Crippen molar-refractivity contribution in [3.63, 3.8) is 0 Å². The third-order valence-corrected chi connectivity index (χ3v) is 2.59. The third-order valence-electron chi connectivity index (χ3n) is 2.59. The monoisotopic (exact) mass is 247 g/mol. The molecule has 1 aromatic carbocycles. The summed E-state index contributed by atoms with van der Waals surface area (Å²) in [7, 11) is 0. The lowest BCUT2D eigenvalue weighted by molar-refractivity contribution is 0.285. The average Bonchev–Trinajstić information content (AvgIpc) is 2.85. The van der Waals surface area contributed by atoms with Crippen molar-refractivity contribution in [2.45, 2.75) is 32.9 Å². The SMILES string of the molecule is CCc1nc(COc2ccc([C@H](C)N)cc2)no1. The molecular weight excluding hydrogens is 230 g/mol. The molecule has 0 unspecified atom stereocenters. The van der Waals surface area contributed by atoms with Crippen molar-refractivity contribution in [2.24, 2.45) is 5.73 Å². The van der Waals surface area contributed by atoms with Gasteiger partial charge in [-0.2, -0.15) is 4.98 Å². The summed E-state index contributed by atoms with van der Waals surface area (Å²) in [6.45, 7) is 4.22. The van der Waals surface area contributed by atoms with Crippen LogP contribution in [0.1, 0.15) is 37.2 Å². The predicted octanol–water partition coefficient (Wildman–Crippen LogP) is 2.23. The highest BCUT2D eigenvalue weighted by Crippen LogP contribution is 2.16. The first-order chi connectivity index (χ1) is 8.69. The number of nitrogens with two attached hydrogens (primary N) is 1. The summed E-state index contributed by atoms with van der Waals surface area (Å²) in [5, 5.41) is 3.82. The Morgan fingerprint density at radius 3 is 2.61 bits per heavy atom. The van der Waals surface area contributed by atoms with Gasteiger partial charge in [-0.05, 0) is 24.6 Å². The van der Waals surface area contributed by atoms with E-state index in [1.165, 1.54) is 0 Å². The van der Waals surface area contributed by atoms with Gasteiger partial charge in [0.25, 0.3) is 0 Å². The van der Waals surface area contributed by atoms with Crippen LogP contribution in [-0.4, -0.2) is 10.1 Å². The molecule has 0 saturated carbocycles. The van der Waals surface area contributed by atoms with Crippen molar-refractivity contribution in [1.29, 1.82) is 0 Å². The van der Waals surface area contributed by atoms with Crippen LogP contribution in [0.25, 0.3) is 0 Å². The molecule has 2 aromatic rings. The van der Waals surface area contributed by atoms with Gasteiger partial charge in [0, 0.05) is 12.5 Å². The normalized spacial score (nSPS) is 12.4. The zero-order valence-electron chi connectivity index (χ0n) is 10.6. The molecule has 0 spiro atoms. The topological polar surface area (TPSA) is 74.2 Å². The van der Waals surface area contributed by atoms with Gasteiger partial charge < -0.3 is 15.0 Å². The average molecular weight is 247 g/mol. The van der Waals surface area contributed by atoms with E-state index < -0.39 is 0 Å². The highest BCUT2D eigenvalue weighted by Gasteiger charge is 2.05. The highest BCUT2D eigenvalue weighted by molar-refractivity contribution is 5.28. The summed E-state index contributed by atoms with van der Waals surface area (Å²) in [6.07, 6.45) is 0.732. The molecule has 0 aliphatic carbocycles. The Morgan fingerprint density at radius 2 is 2.06 bits per heavy atom. The molecule has 96 valence electrons. The Labute approximate surface area is 106 Å². The van der Waals surface area contributed by atoms with E-state index in [-0.39, 0.29) is 6.04 Å². The van der Waals surface area contributed by atoms with Crippen molar-refractivity contribution >= 4 is 0 Å². The predicted molar refractivity (Wildman–Crippen MR) is 67.1 cm³/mol. The molecule has 18 heavy (non-hydrogen) atoms. The number of aryl methyl sites for hydroxylation is 1. The fourth-order valence-corrected chi connectivity index (χ4v) is 1.51. The van der Waals surface area contributed by atoms with E-state index in [2.05, 4.69) is 10.1 Å². The molecule has 2 rings (SSSR count). The van der Waals surface area contributed by atoms with Crippen LogP contribution in [0.5, 0.6) is 5.75 Å². The van der Waals surface area contributed by atoms with Gasteiger partial charge in [0.1, 0.15) is 5.75 Å². The van der Waals surface area contributed by atoms with Crippen LogP contribution >= 0.6 is 0 Å². The van der Waals surface area contributed by atoms with Crippen LogP contribution in [0.15, 0.2) is 28.8 Å². The van der Waals surface area contributed by atoms with E-state index in [1.807, 2.05) is 38.1 Å². The van der Waals surface area contributed by atoms with E-state index in [4.69, 9.17) is 15.0 Å². The summed E-state index contributed by atoms with van der Waals surface area (Å²) < 4.78 is 10.6. The van der Waals surface area contributed by atoms with Crippen molar-refractivity contribution in [3.8, 4) is 5.75 Å². The minimum atomic E-state index is 0.0309. The molecule has 0 saturated heterocycles. The zero-order chi connectivity index (χ0) is 13.0. The van der Waals surface area contributed by atoms with Crippen LogP contribution in [0.2, 0.25) is 0 Å². The number of ether oxygens (including phenoxy) is 1. The number of rotatable bonds is 5. The number of benzene rings is 1. The Hall–Kier alpha value is -1.88. The first-order valence-corrected chi connectivity index (χ1v) is 5.99. The molecule has 5 heteroatoms. The maximum absolute atomic E-state index is 5.77. The quantitative estimate of drug-likeness (QED) is 0.877. The largest absolute Gasteiger partial charge is 0.485 e. The van der Waals surface area contributed by atoms with E-state index >= 15 is 0 Å². The number of hydrogen-bond acceptors (Lipinski definition) is 5. The molecular formula is C13H17N3O2. The van der Waals surface area contributed by atoms with E-state index in [0.29, 0.717) is 18.3 Å². The van der Waals surface area contributed by atoms with Crippen molar-refractivity contribution < 1.29 is 9.26 Å². The van der Waals surface area contributed by atoms with Crippen LogP contribution in [0.3, 0.4) is 0 Å². The molecule has 0 bridgehead atoms.